The average Bonchev–Trinajstić information content (AvgIpc) is 2.63. The number of benzene rings is 2. The van der Waals surface area contributed by atoms with E-state index in [0.717, 1.165) is 12.8 Å². The molecule has 0 unspecified atom stereocenters. The maximum absolute atomic E-state index is 12.2. The predicted molar refractivity (Wildman–Crippen MR) is 103 cm³/mol. The van der Waals surface area contributed by atoms with E-state index in [2.05, 4.69) is 10.3 Å². The number of rotatable bonds is 5. The standard InChI is InChI=1S/C20H19ClN2O3/c1-3-12(4-2)18(24)22-15-8-5-13(6-9-15)19-23-17-11-14(21)7-10-16(17)20(25)26-19/h5-12H,3-4H2,1-2H3,(H,22,24). The minimum absolute atomic E-state index is 0.000369. The number of carbonyl (C=O) groups is 1. The van der Waals surface area contributed by atoms with Crippen LogP contribution in [-0.2, 0) is 4.79 Å². The van der Waals surface area contributed by atoms with Crippen LogP contribution in [0.1, 0.15) is 26.7 Å². The molecule has 0 aliphatic rings. The van der Waals surface area contributed by atoms with E-state index in [0.29, 0.717) is 27.2 Å². The van der Waals surface area contributed by atoms with Crippen molar-refractivity contribution in [2.75, 3.05) is 5.32 Å². The van der Waals surface area contributed by atoms with Gasteiger partial charge in [0.2, 0.25) is 11.8 Å². The summed E-state index contributed by atoms with van der Waals surface area (Å²) in [6.07, 6.45) is 1.60. The number of nitrogens with zero attached hydrogens (tertiary/aromatic N) is 1. The molecule has 6 heteroatoms. The highest BCUT2D eigenvalue weighted by molar-refractivity contribution is 6.31. The fraction of sp³-hybridized carbons (Fsp3) is 0.250. The topological polar surface area (TPSA) is 72.2 Å². The van der Waals surface area contributed by atoms with Crippen LogP contribution in [0.15, 0.2) is 51.7 Å². The molecule has 0 bridgehead atoms. The molecule has 1 amide bonds. The summed E-state index contributed by atoms with van der Waals surface area (Å²) < 4.78 is 5.31. The lowest BCUT2D eigenvalue weighted by molar-refractivity contribution is -0.120. The van der Waals surface area contributed by atoms with E-state index in [1.165, 1.54) is 0 Å². The zero-order chi connectivity index (χ0) is 18.7. The van der Waals surface area contributed by atoms with E-state index in [-0.39, 0.29) is 17.7 Å². The van der Waals surface area contributed by atoms with Gasteiger partial charge >= 0.3 is 5.63 Å². The van der Waals surface area contributed by atoms with Crippen LogP contribution in [0.5, 0.6) is 0 Å². The molecule has 1 N–H and O–H groups in total. The summed E-state index contributed by atoms with van der Waals surface area (Å²) in [6.45, 7) is 3.99. The van der Waals surface area contributed by atoms with Gasteiger partial charge < -0.3 is 9.73 Å². The SMILES string of the molecule is CCC(CC)C(=O)Nc1ccc(-c2nc3cc(Cl)ccc3c(=O)o2)cc1. The van der Waals surface area contributed by atoms with Gasteiger partial charge in [-0.15, -0.1) is 0 Å². The van der Waals surface area contributed by atoms with Crippen molar-refractivity contribution in [3.05, 3.63) is 57.9 Å². The summed E-state index contributed by atoms with van der Waals surface area (Å²) in [5.41, 5.74) is 1.35. The molecule has 134 valence electrons. The molecular formula is C20H19ClN2O3. The molecular weight excluding hydrogens is 352 g/mol. The average molecular weight is 371 g/mol. The number of hydrogen-bond donors (Lipinski definition) is 1. The minimum Gasteiger partial charge on any atom is -0.403 e. The monoisotopic (exact) mass is 370 g/mol. The summed E-state index contributed by atoms with van der Waals surface area (Å²) in [4.78, 5) is 28.7. The Bertz CT molecular complexity index is 992. The Morgan fingerprint density at radius 3 is 2.50 bits per heavy atom. The number of carbonyl (C=O) groups excluding carboxylic acids is 1. The smallest absolute Gasteiger partial charge is 0.347 e. The van der Waals surface area contributed by atoms with Crippen LogP contribution in [0.4, 0.5) is 5.69 Å². The predicted octanol–water partition coefficient (Wildman–Crippen LogP) is 4.88. The molecule has 3 rings (SSSR count). The van der Waals surface area contributed by atoms with E-state index >= 15 is 0 Å². The van der Waals surface area contributed by atoms with Crippen LogP contribution in [0, 0.1) is 5.92 Å². The van der Waals surface area contributed by atoms with Crippen LogP contribution in [0.3, 0.4) is 0 Å². The highest BCUT2D eigenvalue weighted by atomic mass is 35.5. The Balaban J connectivity index is 1.88. The third kappa shape index (κ3) is 3.78. The Hall–Kier alpha value is -2.66. The Morgan fingerprint density at radius 2 is 1.85 bits per heavy atom. The molecule has 26 heavy (non-hydrogen) atoms. The number of fused-ring (bicyclic) bond motifs is 1. The van der Waals surface area contributed by atoms with Gasteiger partial charge in [0.25, 0.3) is 0 Å². The molecule has 1 aromatic heterocycles. The maximum Gasteiger partial charge on any atom is 0.347 e. The first kappa shape index (κ1) is 18.1. The van der Waals surface area contributed by atoms with Gasteiger partial charge in [0.1, 0.15) is 0 Å². The minimum atomic E-state index is -0.465. The van der Waals surface area contributed by atoms with Crippen LogP contribution < -0.4 is 10.9 Å². The largest absolute Gasteiger partial charge is 0.403 e. The molecule has 0 fully saturated rings. The lowest BCUT2D eigenvalue weighted by Gasteiger charge is -2.12. The normalized spacial score (nSPS) is 11.1. The number of nitrogens with one attached hydrogen (secondary N) is 1. The number of hydrogen-bond acceptors (Lipinski definition) is 4. The van der Waals surface area contributed by atoms with Crippen LogP contribution >= 0.6 is 11.6 Å². The maximum atomic E-state index is 12.2. The summed E-state index contributed by atoms with van der Waals surface area (Å²) in [6, 6.07) is 11.9. The van der Waals surface area contributed by atoms with Crippen LogP contribution in [0.25, 0.3) is 22.4 Å². The molecule has 0 radical (unpaired) electrons. The Labute approximate surface area is 156 Å². The van der Waals surface area contributed by atoms with E-state index in [4.69, 9.17) is 16.0 Å². The third-order valence-electron chi connectivity index (χ3n) is 4.35. The van der Waals surface area contributed by atoms with Crippen LogP contribution in [0.2, 0.25) is 5.02 Å². The second kappa shape index (κ2) is 7.70. The van der Waals surface area contributed by atoms with Gasteiger partial charge in [0, 0.05) is 22.2 Å². The van der Waals surface area contributed by atoms with Gasteiger partial charge in [0.15, 0.2) is 0 Å². The zero-order valence-corrected chi connectivity index (χ0v) is 15.3. The molecule has 2 aromatic carbocycles. The molecule has 0 saturated carbocycles. The number of aromatic nitrogens is 1. The van der Waals surface area contributed by atoms with Gasteiger partial charge in [-0.1, -0.05) is 25.4 Å². The fourth-order valence-electron chi connectivity index (χ4n) is 2.77. The highest BCUT2D eigenvalue weighted by Crippen LogP contribution is 2.23. The third-order valence-corrected chi connectivity index (χ3v) is 4.58. The molecule has 0 spiro atoms. The van der Waals surface area contributed by atoms with Gasteiger partial charge in [0.05, 0.1) is 10.9 Å². The molecule has 0 aliphatic heterocycles. The number of anilines is 1. The van der Waals surface area contributed by atoms with E-state index in [9.17, 15) is 9.59 Å². The Morgan fingerprint density at radius 1 is 1.15 bits per heavy atom. The molecule has 0 saturated heterocycles. The summed E-state index contributed by atoms with van der Waals surface area (Å²) >= 11 is 5.98. The van der Waals surface area contributed by atoms with E-state index in [1.54, 1.807) is 42.5 Å². The van der Waals surface area contributed by atoms with Crippen molar-refractivity contribution < 1.29 is 9.21 Å². The summed E-state index contributed by atoms with van der Waals surface area (Å²) in [5.74, 6) is 0.218. The van der Waals surface area contributed by atoms with Crippen molar-refractivity contribution in [1.29, 1.82) is 0 Å². The van der Waals surface area contributed by atoms with Gasteiger partial charge in [-0.3, -0.25) is 4.79 Å². The number of amides is 1. The molecule has 3 aromatic rings. The second-order valence-electron chi connectivity index (χ2n) is 6.05. The van der Waals surface area contributed by atoms with Crippen molar-refractivity contribution in [3.63, 3.8) is 0 Å². The van der Waals surface area contributed by atoms with Crippen molar-refractivity contribution in [2.45, 2.75) is 26.7 Å². The van der Waals surface area contributed by atoms with Crippen molar-refractivity contribution in [1.82, 2.24) is 4.98 Å². The van der Waals surface area contributed by atoms with Gasteiger partial charge in [-0.25, -0.2) is 9.78 Å². The van der Waals surface area contributed by atoms with Crippen molar-refractivity contribution in [2.24, 2.45) is 5.92 Å². The second-order valence-corrected chi connectivity index (χ2v) is 6.48. The first-order valence-corrected chi connectivity index (χ1v) is 8.91. The first-order chi connectivity index (χ1) is 12.5. The van der Waals surface area contributed by atoms with Gasteiger partial charge in [-0.2, -0.15) is 0 Å². The van der Waals surface area contributed by atoms with E-state index < -0.39 is 5.63 Å². The number of halogens is 1. The molecule has 1 heterocycles. The van der Waals surface area contributed by atoms with E-state index in [1.807, 2.05) is 13.8 Å². The molecule has 0 aliphatic carbocycles. The fourth-order valence-corrected chi connectivity index (χ4v) is 2.93. The van der Waals surface area contributed by atoms with Gasteiger partial charge in [-0.05, 0) is 55.3 Å². The summed E-state index contributed by atoms with van der Waals surface area (Å²) in [5, 5.41) is 3.78. The highest BCUT2D eigenvalue weighted by Gasteiger charge is 2.14. The quantitative estimate of drug-likeness (QED) is 0.694. The first-order valence-electron chi connectivity index (χ1n) is 8.53. The Kier molecular flexibility index (Phi) is 5.38. The molecule has 5 nitrogen and oxygen atoms in total. The lowest BCUT2D eigenvalue weighted by Crippen LogP contribution is -2.21. The zero-order valence-electron chi connectivity index (χ0n) is 14.6. The van der Waals surface area contributed by atoms with Crippen molar-refractivity contribution >= 4 is 34.1 Å². The van der Waals surface area contributed by atoms with Crippen LogP contribution in [-0.4, -0.2) is 10.9 Å². The molecule has 0 atom stereocenters. The van der Waals surface area contributed by atoms with Crippen molar-refractivity contribution in [3.8, 4) is 11.5 Å². The lowest BCUT2D eigenvalue weighted by atomic mass is 10.0. The summed E-state index contributed by atoms with van der Waals surface area (Å²) in [7, 11) is 0.